The molecule has 16 heavy (non-hydrogen) atoms. The molecule has 1 heterocycles. The van der Waals surface area contributed by atoms with Crippen LogP contribution < -0.4 is 10.9 Å². The minimum Gasteiger partial charge on any atom is -0.311 e. The molecule has 1 aliphatic carbocycles. The molecule has 1 unspecified atom stereocenters. The van der Waals surface area contributed by atoms with E-state index in [1.54, 1.807) is 6.07 Å². The summed E-state index contributed by atoms with van der Waals surface area (Å²) in [7, 11) is 0. The van der Waals surface area contributed by atoms with Crippen LogP contribution in [-0.2, 0) is 6.54 Å². The van der Waals surface area contributed by atoms with Gasteiger partial charge in [0.15, 0.2) is 0 Å². The van der Waals surface area contributed by atoms with Gasteiger partial charge in [-0.05, 0) is 18.4 Å². The average Bonchev–Trinajstić information content (AvgIpc) is 2.84. The van der Waals surface area contributed by atoms with Gasteiger partial charge in [0.25, 0.3) is 5.56 Å². The summed E-state index contributed by atoms with van der Waals surface area (Å²) in [5, 5.41) is 3.18. The first-order valence-electron chi connectivity index (χ1n) is 5.84. The number of aromatic nitrogens is 2. The van der Waals surface area contributed by atoms with Crippen molar-refractivity contribution < 1.29 is 0 Å². The van der Waals surface area contributed by atoms with Crippen molar-refractivity contribution in [3.05, 3.63) is 27.9 Å². The zero-order valence-electron chi connectivity index (χ0n) is 10.1. The highest BCUT2D eigenvalue weighted by atomic mass is 16.1. The van der Waals surface area contributed by atoms with Gasteiger partial charge in [-0.25, -0.2) is 4.98 Å². The fraction of sp³-hybridized carbons (Fsp3) is 0.667. The summed E-state index contributed by atoms with van der Waals surface area (Å²) in [4.78, 5) is 18.9. The van der Waals surface area contributed by atoms with Crippen molar-refractivity contribution >= 4 is 0 Å². The summed E-state index contributed by atoms with van der Waals surface area (Å²) in [6, 6.07) is 1.57. The lowest BCUT2D eigenvalue weighted by Gasteiger charge is -2.06. The van der Waals surface area contributed by atoms with Crippen LogP contribution in [0, 0.1) is 5.41 Å². The predicted molar refractivity (Wildman–Crippen MR) is 63.4 cm³/mol. The molecule has 1 atom stereocenters. The van der Waals surface area contributed by atoms with E-state index in [4.69, 9.17) is 0 Å². The number of rotatable bonds is 4. The van der Waals surface area contributed by atoms with Crippen LogP contribution in [0.2, 0.25) is 0 Å². The van der Waals surface area contributed by atoms with E-state index in [1.165, 1.54) is 0 Å². The molecule has 0 bridgehead atoms. The van der Waals surface area contributed by atoms with Gasteiger partial charge < -0.3 is 10.3 Å². The van der Waals surface area contributed by atoms with Gasteiger partial charge in [0.2, 0.25) is 0 Å². The molecular weight excluding hydrogens is 202 g/mol. The maximum Gasteiger partial charge on any atom is 0.251 e. The van der Waals surface area contributed by atoms with Crippen LogP contribution in [0.4, 0.5) is 0 Å². The molecule has 1 aliphatic rings. The molecule has 2 N–H and O–H groups in total. The van der Waals surface area contributed by atoms with Crippen LogP contribution in [0.5, 0.6) is 0 Å². The van der Waals surface area contributed by atoms with Crippen LogP contribution in [0.25, 0.3) is 0 Å². The van der Waals surface area contributed by atoms with Crippen molar-refractivity contribution in [1.82, 2.24) is 15.3 Å². The Bertz CT molecular complexity index is 436. The summed E-state index contributed by atoms with van der Waals surface area (Å²) in [5.74, 6) is 1.27. The van der Waals surface area contributed by atoms with Gasteiger partial charge in [-0.15, -0.1) is 0 Å². The molecule has 1 aromatic heterocycles. The van der Waals surface area contributed by atoms with Crippen molar-refractivity contribution in [3.63, 3.8) is 0 Å². The molecule has 1 saturated carbocycles. The summed E-state index contributed by atoms with van der Waals surface area (Å²) < 4.78 is 0. The summed E-state index contributed by atoms with van der Waals surface area (Å²) in [6.07, 6.45) is 1.11. The van der Waals surface area contributed by atoms with Crippen LogP contribution in [-0.4, -0.2) is 16.5 Å². The Labute approximate surface area is 95.5 Å². The Morgan fingerprint density at radius 1 is 1.62 bits per heavy atom. The van der Waals surface area contributed by atoms with Crippen LogP contribution in [0.15, 0.2) is 10.9 Å². The molecule has 2 rings (SSSR count). The van der Waals surface area contributed by atoms with Gasteiger partial charge in [0.05, 0.1) is 5.69 Å². The summed E-state index contributed by atoms with van der Waals surface area (Å²) in [6.45, 7) is 8.00. The smallest absolute Gasteiger partial charge is 0.251 e. The second kappa shape index (κ2) is 4.01. The predicted octanol–water partition coefficient (Wildman–Crippen LogP) is 1.39. The standard InChI is InChI=1S/C12H19N3O/c1-4-13-7-8-5-10(16)15-11(14-8)9-6-12(9,2)3/h5,9,13H,4,6-7H2,1-3H3,(H,14,15,16). The first-order valence-corrected chi connectivity index (χ1v) is 5.84. The summed E-state index contributed by atoms with van der Waals surface area (Å²) >= 11 is 0. The van der Waals surface area contributed by atoms with Crippen LogP contribution in [0.1, 0.15) is 44.6 Å². The largest absolute Gasteiger partial charge is 0.311 e. The fourth-order valence-corrected chi connectivity index (χ4v) is 1.97. The SMILES string of the molecule is CCNCc1cc(=O)[nH]c(C2CC2(C)C)n1. The topological polar surface area (TPSA) is 57.8 Å². The maximum absolute atomic E-state index is 11.5. The highest BCUT2D eigenvalue weighted by molar-refractivity contribution is 5.17. The van der Waals surface area contributed by atoms with Gasteiger partial charge in [-0.1, -0.05) is 20.8 Å². The number of aromatic amines is 1. The Kier molecular flexibility index (Phi) is 2.84. The van der Waals surface area contributed by atoms with E-state index in [-0.39, 0.29) is 5.56 Å². The van der Waals surface area contributed by atoms with Crippen molar-refractivity contribution in [1.29, 1.82) is 0 Å². The molecule has 0 radical (unpaired) electrons. The second-order valence-electron chi connectivity index (χ2n) is 5.15. The molecule has 1 aromatic rings. The normalized spacial score (nSPS) is 22.1. The van der Waals surface area contributed by atoms with E-state index in [0.717, 1.165) is 24.5 Å². The number of hydrogen-bond donors (Lipinski definition) is 2. The molecule has 0 spiro atoms. The van der Waals surface area contributed by atoms with Crippen molar-refractivity contribution in [3.8, 4) is 0 Å². The monoisotopic (exact) mass is 221 g/mol. The Hall–Kier alpha value is -1.16. The van der Waals surface area contributed by atoms with Crippen LogP contribution >= 0.6 is 0 Å². The number of nitrogens with zero attached hydrogens (tertiary/aromatic N) is 1. The zero-order chi connectivity index (χ0) is 11.8. The molecule has 4 nitrogen and oxygen atoms in total. The second-order valence-corrected chi connectivity index (χ2v) is 5.15. The van der Waals surface area contributed by atoms with E-state index >= 15 is 0 Å². The lowest BCUT2D eigenvalue weighted by atomic mass is 10.1. The van der Waals surface area contributed by atoms with Crippen LogP contribution in [0.3, 0.4) is 0 Å². The lowest BCUT2D eigenvalue weighted by Crippen LogP contribution is -2.18. The van der Waals surface area contributed by atoms with Crippen molar-refractivity contribution in [2.75, 3.05) is 6.54 Å². The quantitative estimate of drug-likeness (QED) is 0.808. The molecule has 0 saturated heterocycles. The third-order valence-electron chi connectivity index (χ3n) is 3.21. The first-order chi connectivity index (χ1) is 7.53. The van der Waals surface area contributed by atoms with E-state index in [0.29, 0.717) is 17.9 Å². The van der Waals surface area contributed by atoms with E-state index in [1.807, 2.05) is 6.92 Å². The third-order valence-corrected chi connectivity index (χ3v) is 3.21. The summed E-state index contributed by atoms with van der Waals surface area (Å²) in [5.41, 5.74) is 1.09. The highest BCUT2D eigenvalue weighted by Crippen LogP contribution is 2.57. The first kappa shape index (κ1) is 11.3. The Morgan fingerprint density at radius 3 is 2.88 bits per heavy atom. The minimum atomic E-state index is -0.0411. The minimum absolute atomic E-state index is 0.0411. The lowest BCUT2D eigenvalue weighted by molar-refractivity contribution is 0.602. The van der Waals surface area contributed by atoms with Gasteiger partial charge in [0, 0.05) is 18.5 Å². The molecular formula is C12H19N3O. The number of hydrogen-bond acceptors (Lipinski definition) is 3. The third kappa shape index (κ3) is 2.32. The van der Waals surface area contributed by atoms with E-state index in [9.17, 15) is 4.79 Å². The fourth-order valence-electron chi connectivity index (χ4n) is 1.97. The number of H-pyrrole nitrogens is 1. The average molecular weight is 221 g/mol. The van der Waals surface area contributed by atoms with Gasteiger partial charge >= 0.3 is 0 Å². The van der Waals surface area contributed by atoms with Gasteiger partial charge in [0.1, 0.15) is 5.82 Å². The Balaban J connectivity index is 2.20. The maximum atomic E-state index is 11.5. The van der Waals surface area contributed by atoms with Gasteiger partial charge in [-0.3, -0.25) is 4.79 Å². The molecule has 88 valence electrons. The molecule has 0 amide bonds. The van der Waals surface area contributed by atoms with Crippen molar-refractivity contribution in [2.45, 2.75) is 39.7 Å². The van der Waals surface area contributed by atoms with E-state index < -0.39 is 0 Å². The molecule has 0 aromatic carbocycles. The number of nitrogens with one attached hydrogen (secondary N) is 2. The zero-order valence-corrected chi connectivity index (χ0v) is 10.1. The molecule has 0 aliphatic heterocycles. The molecule has 4 heteroatoms. The van der Waals surface area contributed by atoms with Gasteiger partial charge in [-0.2, -0.15) is 0 Å². The molecule has 1 fully saturated rings. The Morgan fingerprint density at radius 2 is 2.31 bits per heavy atom. The van der Waals surface area contributed by atoms with Crippen molar-refractivity contribution in [2.24, 2.45) is 5.41 Å². The van der Waals surface area contributed by atoms with E-state index in [2.05, 4.69) is 29.1 Å². The highest BCUT2D eigenvalue weighted by Gasteiger charge is 2.48.